The summed E-state index contributed by atoms with van der Waals surface area (Å²) >= 11 is 0. The summed E-state index contributed by atoms with van der Waals surface area (Å²) in [6.45, 7) is 8.28. The summed E-state index contributed by atoms with van der Waals surface area (Å²) < 4.78 is 5.74. The van der Waals surface area contributed by atoms with Crippen LogP contribution in [0.2, 0.25) is 0 Å². The maximum atomic E-state index is 11.4. The summed E-state index contributed by atoms with van der Waals surface area (Å²) in [7, 11) is 0. The summed E-state index contributed by atoms with van der Waals surface area (Å²) in [4.78, 5) is 11.4. The standard InChI is InChI=1S/C15H24O2/c1-11-7-5-9-15(11)10-6-8-14(3,4)13(15)17-12(2)16/h5,7,11,13H,6,8-10H2,1-4H3. The van der Waals surface area contributed by atoms with Crippen LogP contribution in [0.4, 0.5) is 0 Å². The molecule has 1 spiro atoms. The number of hydrogen-bond donors (Lipinski definition) is 0. The molecule has 2 aliphatic rings. The number of hydrogen-bond acceptors (Lipinski definition) is 2. The second-order valence-corrected chi connectivity index (χ2v) is 6.49. The molecule has 2 aliphatic carbocycles. The van der Waals surface area contributed by atoms with Gasteiger partial charge in [-0.05, 0) is 25.2 Å². The predicted molar refractivity (Wildman–Crippen MR) is 68.5 cm³/mol. The highest BCUT2D eigenvalue weighted by atomic mass is 16.5. The van der Waals surface area contributed by atoms with E-state index in [4.69, 9.17) is 4.74 Å². The van der Waals surface area contributed by atoms with Gasteiger partial charge in [0.05, 0.1) is 0 Å². The van der Waals surface area contributed by atoms with Gasteiger partial charge in [0.2, 0.25) is 0 Å². The Labute approximate surface area is 104 Å². The molecule has 1 saturated carbocycles. The van der Waals surface area contributed by atoms with Crippen LogP contribution in [0.1, 0.15) is 53.4 Å². The summed E-state index contributed by atoms with van der Waals surface area (Å²) in [6.07, 6.45) is 9.26. The van der Waals surface area contributed by atoms with E-state index in [0.717, 1.165) is 12.8 Å². The molecule has 2 nitrogen and oxygen atoms in total. The van der Waals surface area contributed by atoms with Crippen molar-refractivity contribution in [3.8, 4) is 0 Å². The normalized spacial score (nSPS) is 39.5. The third-order valence-electron chi connectivity index (χ3n) is 4.81. The van der Waals surface area contributed by atoms with Gasteiger partial charge in [-0.2, -0.15) is 0 Å². The minimum atomic E-state index is -0.136. The third kappa shape index (κ3) is 2.02. The minimum Gasteiger partial charge on any atom is -0.461 e. The van der Waals surface area contributed by atoms with Crippen LogP contribution in [0.5, 0.6) is 0 Å². The van der Waals surface area contributed by atoms with E-state index in [0.29, 0.717) is 5.92 Å². The number of rotatable bonds is 1. The molecule has 0 bridgehead atoms. The first-order chi connectivity index (χ1) is 7.88. The Hall–Kier alpha value is -0.790. The van der Waals surface area contributed by atoms with Gasteiger partial charge in [-0.1, -0.05) is 39.3 Å². The van der Waals surface area contributed by atoms with Crippen LogP contribution in [0.3, 0.4) is 0 Å². The Morgan fingerprint density at radius 1 is 1.35 bits per heavy atom. The Morgan fingerprint density at radius 2 is 2.06 bits per heavy atom. The van der Waals surface area contributed by atoms with Gasteiger partial charge >= 0.3 is 5.97 Å². The number of ether oxygens (including phenoxy) is 1. The monoisotopic (exact) mass is 236 g/mol. The summed E-state index contributed by atoms with van der Waals surface area (Å²) in [5.74, 6) is 0.384. The molecule has 0 heterocycles. The molecule has 0 N–H and O–H groups in total. The molecular formula is C15H24O2. The van der Waals surface area contributed by atoms with E-state index < -0.39 is 0 Å². The number of allylic oxidation sites excluding steroid dienone is 2. The van der Waals surface area contributed by atoms with Crippen molar-refractivity contribution in [3.63, 3.8) is 0 Å². The average molecular weight is 236 g/mol. The van der Waals surface area contributed by atoms with Crippen molar-refractivity contribution in [1.82, 2.24) is 0 Å². The Bertz CT molecular complexity index is 343. The van der Waals surface area contributed by atoms with E-state index in [1.807, 2.05) is 0 Å². The van der Waals surface area contributed by atoms with E-state index in [-0.39, 0.29) is 22.9 Å². The molecular weight excluding hydrogens is 212 g/mol. The SMILES string of the molecule is CC(=O)OC1C(C)(C)CCCC12CC=CC2C. The van der Waals surface area contributed by atoms with Crippen LogP contribution in [-0.2, 0) is 9.53 Å². The third-order valence-corrected chi connectivity index (χ3v) is 4.81. The lowest BCUT2D eigenvalue weighted by Crippen LogP contribution is -2.52. The van der Waals surface area contributed by atoms with Crippen LogP contribution >= 0.6 is 0 Å². The van der Waals surface area contributed by atoms with Crippen molar-refractivity contribution < 1.29 is 9.53 Å². The lowest BCUT2D eigenvalue weighted by molar-refractivity contribution is -0.176. The summed E-state index contributed by atoms with van der Waals surface area (Å²) in [5, 5.41) is 0. The molecule has 0 amide bonds. The number of esters is 1. The lowest BCUT2D eigenvalue weighted by atomic mass is 9.57. The quantitative estimate of drug-likeness (QED) is 0.512. The topological polar surface area (TPSA) is 26.3 Å². The van der Waals surface area contributed by atoms with Gasteiger partial charge in [0.25, 0.3) is 0 Å². The van der Waals surface area contributed by atoms with Crippen molar-refractivity contribution in [2.24, 2.45) is 16.7 Å². The molecule has 0 saturated heterocycles. The van der Waals surface area contributed by atoms with Gasteiger partial charge in [-0.25, -0.2) is 0 Å². The number of carbonyl (C=O) groups is 1. The first-order valence-electron chi connectivity index (χ1n) is 6.72. The van der Waals surface area contributed by atoms with Crippen LogP contribution in [0, 0.1) is 16.7 Å². The highest BCUT2D eigenvalue weighted by molar-refractivity contribution is 5.66. The van der Waals surface area contributed by atoms with Gasteiger partial charge in [0.1, 0.15) is 6.10 Å². The molecule has 17 heavy (non-hydrogen) atoms. The zero-order valence-corrected chi connectivity index (χ0v) is 11.5. The zero-order chi connectivity index (χ0) is 12.7. The van der Waals surface area contributed by atoms with Crippen molar-refractivity contribution in [2.45, 2.75) is 59.5 Å². The summed E-state index contributed by atoms with van der Waals surface area (Å²) in [6, 6.07) is 0. The highest BCUT2D eigenvalue weighted by Gasteiger charge is 2.54. The molecule has 2 heteroatoms. The first kappa shape index (κ1) is 12.7. The van der Waals surface area contributed by atoms with Crippen LogP contribution < -0.4 is 0 Å². The van der Waals surface area contributed by atoms with Crippen LogP contribution in [-0.4, -0.2) is 12.1 Å². The highest BCUT2D eigenvalue weighted by Crippen LogP contribution is 2.56. The van der Waals surface area contributed by atoms with E-state index in [9.17, 15) is 4.79 Å². The molecule has 0 radical (unpaired) electrons. The second-order valence-electron chi connectivity index (χ2n) is 6.49. The molecule has 0 aromatic heterocycles. The Kier molecular flexibility index (Phi) is 3.09. The van der Waals surface area contributed by atoms with Gasteiger partial charge in [-0.15, -0.1) is 0 Å². The van der Waals surface area contributed by atoms with Crippen molar-refractivity contribution >= 4 is 5.97 Å². The van der Waals surface area contributed by atoms with Crippen LogP contribution in [0.15, 0.2) is 12.2 Å². The fraction of sp³-hybridized carbons (Fsp3) is 0.800. The van der Waals surface area contributed by atoms with Gasteiger partial charge in [0, 0.05) is 17.8 Å². The van der Waals surface area contributed by atoms with Gasteiger partial charge in [0.15, 0.2) is 0 Å². The minimum absolute atomic E-state index is 0.0613. The average Bonchev–Trinajstić information content (AvgIpc) is 2.55. The largest absolute Gasteiger partial charge is 0.461 e. The summed E-state index contributed by atoms with van der Waals surface area (Å²) in [5.41, 5.74) is 0.262. The van der Waals surface area contributed by atoms with Crippen molar-refractivity contribution in [2.75, 3.05) is 0 Å². The van der Waals surface area contributed by atoms with Crippen molar-refractivity contribution in [1.29, 1.82) is 0 Å². The van der Waals surface area contributed by atoms with Crippen LogP contribution in [0.25, 0.3) is 0 Å². The predicted octanol–water partition coefficient (Wildman–Crippen LogP) is 3.71. The smallest absolute Gasteiger partial charge is 0.302 e. The molecule has 3 atom stereocenters. The molecule has 2 rings (SSSR count). The molecule has 96 valence electrons. The fourth-order valence-corrected chi connectivity index (χ4v) is 3.90. The maximum Gasteiger partial charge on any atom is 0.302 e. The van der Waals surface area contributed by atoms with Gasteiger partial charge < -0.3 is 4.74 Å². The molecule has 0 aliphatic heterocycles. The van der Waals surface area contributed by atoms with E-state index in [1.165, 1.54) is 19.8 Å². The second kappa shape index (κ2) is 4.15. The van der Waals surface area contributed by atoms with Crippen molar-refractivity contribution in [3.05, 3.63) is 12.2 Å². The van der Waals surface area contributed by atoms with Gasteiger partial charge in [-0.3, -0.25) is 4.79 Å². The molecule has 3 unspecified atom stereocenters. The Balaban J connectivity index is 2.32. The first-order valence-corrected chi connectivity index (χ1v) is 6.72. The van der Waals surface area contributed by atoms with E-state index >= 15 is 0 Å². The molecule has 0 aromatic rings. The lowest BCUT2D eigenvalue weighted by Gasteiger charge is -2.52. The Morgan fingerprint density at radius 3 is 2.59 bits per heavy atom. The van der Waals surface area contributed by atoms with E-state index in [2.05, 4.69) is 32.9 Å². The fourth-order valence-electron chi connectivity index (χ4n) is 3.90. The number of carbonyl (C=O) groups excluding carboxylic acids is 1. The van der Waals surface area contributed by atoms with E-state index in [1.54, 1.807) is 0 Å². The molecule has 1 fully saturated rings. The maximum absolute atomic E-state index is 11.4. The molecule has 0 aromatic carbocycles. The zero-order valence-electron chi connectivity index (χ0n) is 11.5.